The summed E-state index contributed by atoms with van der Waals surface area (Å²) < 4.78 is 23.7. The predicted octanol–water partition coefficient (Wildman–Crippen LogP) is 0.620. The molecule has 7 nitrogen and oxygen atoms in total. The lowest BCUT2D eigenvalue weighted by molar-refractivity contribution is 0.581. The van der Waals surface area contributed by atoms with Crippen LogP contribution in [-0.4, -0.2) is 40.6 Å². The molecule has 2 N–H and O–H groups in total. The molecule has 0 radical (unpaired) electrons. The third-order valence-corrected chi connectivity index (χ3v) is 3.62. The molecule has 0 saturated heterocycles. The summed E-state index contributed by atoms with van der Waals surface area (Å²) in [7, 11) is -3.08. The summed E-state index contributed by atoms with van der Waals surface area (Å²) in [6.07, 6.45) is 1.16. The van der Waals surface area contributed by atoms with Crippen LogP contribution in [0.25, 0.3) is 11.4 Å². The zero-order chi connectivity index (χ0) is 14.0. The molecule has 0 saturated carbocycles. The van der Waals surface area contributed by atoms with Crippen molar-refractivity contribution in [2.45, 2.75) is 6.54 Å². The summed E-state index contributed by atoms with van der Waals surface area (Å²) >= 11 is 5.82. The second-order valence-corrected chi connectivity index (χ2v) is 6.78. The molecular weight excluding hydrogens is 290 g/mol. The summed E-state index contributed by atoms with van der Waals surface area (Å²) in [5, 5.41) is 11.7. The fourth-order valence-corrected chi connectivity index (χ4v) is 2.22. The number of tetrazole rings is 1. The molecule has 0 unspecified atom stereocenters. The second-order valence-electron chi connectivity index (χ2n) is 4.09. The fourth-order valence-electron chi connectivity index (χ4n) is 1.54. The highest BCUT2D eigenvalue weighted by molar-refractivity contribution is 7.90. The molecule has 0 atom stereocenters. The highest BCUT2D eigenvalue weighted by atomic mass is 35.5. The number of nitrogens with zero attached hydrogens (tertiary/aromatic N) is 4. The van der Waals surface area contributed by atoms with Crippen LogP contribution in [0.2, 0.25) is 5.02 Å². The van der Waals surface area contributed by atoms with Gasteiger partial charge in [-0.1, -0.05) is 11.6 Å². The molecule has 2 aromatic rings. The van der Waals surface area contributed by atoms with Crippen molar-refractivity contribution < 1.29 is 8.42 Å². The van der Waals surface area contributed by atoms with Gasteiger partial charge in [0, 0.05) is 22.5 Å². The minimum absolute atomic E-state index is 0.0431. The van der Waals surface area contributed by atoms with Crippen LogP contribution in [-0.2, 0) is 16.4 Å². The van der Waals surface area contributed by atoms with Crippen LogP contribution in [0.3, 0.4) is 0 Å². The maximum Gasteiger partial charge on any atom is 0.184 e. The van der Waals surface area contributed by atoms with Crippen LogP contribution in [0.1, 0.15) is 0 Å². The molecule has 1 aromatic heterocycles. The van der Waals surface area contributed by atoms with E-state index in [1.807, 2.05) is 0 Å². The Morgan fingerprint density at radius 1 is 1.42 bits per heavy atom. The number of rotatable bonds is 4. The Morgan fingerprint density at radius 3 is 2.79 bits per heavy atom. The topological polar surface area (TPSA) is 104 Å². The van der Waals surface area contributed by atoms with E-state index in [0.717, 1.165) is 6.26 Å². The number of nitrogens with two attached hydrogens (primary N) is 1. The molecule has 1 aromatic carbocycles. The molecular formula is C10H12ClN5O2S. The number of halogens is 1. The molecule has 0 amide bonds. The minimum Gasteiger partial charge on any atom is -0.398 e. The lowest BCUT2D eigenvalue weighted by Crippen LogP contribution is -2.13. The van der Waals surface area contributed by atoms with Crippen LogP contribution in [0.15, 0.2) is 18.2 Å². The van der Waals surface area contributed by atoms with Crippen LogP contribution in [0, 0.1) is 0 Å². The SMILES string of the molecule is CS(=O)(=O)CCn1nnnc1-c1ccc(Cl)cc1N. The van der Waals surface area contributed by atoms with Gasteiger partial charge in [0.2, 0.25) is 0 Å². The average molecular weight is 302 g/mol. The normalized spacial score (nSPS) is 11.7. The quantitative estimate of drug-likeness (QED) is 0.830. The maximum absolute atomic E-state index is 11.2. The van der Waals surface area contributed by atoms with E-state index in [4.69, 9.17) is 17.3 Å². The number of nitrogen functional groups attached to an aromatic ring is 1. The zero-order valence-corrected chi connectivity index (χ0v) is 11.7. The van der Waals surface area contributed by atoms with E-state index in [1.165, 1.54) is 4.68 Å². The van der Waals surface area contributed by atoms with Gasteiger partial charge in [0.05, 0.1) is 12.3 Å². The number of aromatic nitrogens is 4. The molecule has 0 fully saturated rings. The highest BCUT2D eigenvalue weighted by Crippen LogP contribution is 2.26. The van der Waals surface area contributed by atoms with Crippen molar-refractivity contribution in [1.82, 2.24) is 20.2 Å². The Labute approximate surface area is 115 Å². The number of anilines is 1. The Balaban J connectivity index is 2.33. The number of sulfone groups is 1. The van der Waals surface area contributed by atoms with E-state index < -0.39 is 9.84 Å². The fraction of sp³-hybridized carbons (Fsp3) is 0.300. The van der Waals surface area contributed by atoms with Crippen molar-refractivity contribution >= 4 is 27.1 Å². The Bertz CT molecular complexity index is 698. The summed E-state index contributed by atoms with van der Waals surface area (Å²) in [4.78, 5) is 0. The van der Waals surface area contributed by atoms with Crippen molar-refractivity contribution in [3.63, 3.8) is 0 Å². The number of aryl methyl sites for hydroxylation is 1. The summed E-state index contributed by atoms with van der Waals surface area (Å²) in [5.41, 5.74) is 6.90. The Kier molecular flexibility index (Phi) is 3.72. The minimum atomic E-state index is -3.08. The van der Waals surface area contributed by atoms with Crippen molar-refractivity contribution in [2.24, 2.45) is 0 Å². The predicted molar refractivity (Wildman–Crippen MR) is 72.4 cm³/mol. The number of hydrogen-bond donors (Lipinski definition) is 1. The first-order valence-corrected chi connectivity index (χ1v) is 7.80. The zero-order valence-electron chi connectivity index (χ0n) is 10.1. The summed E-state index contributed by atoms with van der Waals surface area (Å²) in [6, 6.07) is 4.95. The van der Waals surface area contributed by atoms with E-state index >= 15 is 0 Å². The Morgan fingerprint density at radius 2 is 2.16 bits per heavy atom. The molecule has 2 rings (SSSR count). The van der Waals surface area contributed by atoms with Gasteiger partial charge in [0.1, 0.15) is 9.84 Å². The number of benzene rings is 1. The molecule has 0 aliphatic carbocycles. The summed E-state index contributed by atoms with van der Waals surface area (Å²) in [6.45, 7) is 0.170. The van der Waals surface area contributed by atoms with Gasteiger partial charge in [-0.05, 0) is 28.6 Å². The third kappa shape index (κ3) is 3.42. The van der Waals surface area contributed by atoms with E-state index in [1.54, 1.807) is 18.2 Å². The van der Waals surface area contributed by atoms with Gasteiger partial charge in [0.15, 0.2) is 5.82 Å². The van der Waals surface area contributed by atoms with Crippen LogP contribution >= 0.6 is 11.6 Å². The molecule has 9 heteroatoms. The smallest absolute Gasteiger partial charge is 0.184 e. The largest absolute Gasteiger partial charge is 0.398 e. The third-order valence-electron chi connectivity index (χ3n) is 2.46. The lowest BCUT2D eigenvalue weighted by Gasteiger charge is -2.06. The standard InChI is InChI=1S/C10H12ClN5O2S/c1-19(17,18)5-4-16-10(13-14-15-16)8-3-2-7(11)6-9(8)12/h2-3,6H,4-5,12H2,1H3. The summed E-state index contributed by atoms with van der Waals surface area (Å²) in [5.74, 6) is 0.372. The first kappa shape index (κ1) is 13.8. The Hall–Kier alpha value is -1.67. The van der Waals surface area contributed by atoms with Crippen molar-refractivity contribution in [3.05, 3.63) is 23.2 Å². The first-order valence-electron chi connectivity index (χ1n) is 5.36. The van der Waals surface area contributed by atoms with Crippen LogP contribution in [0.5, 0.6) is 0 Å². The maximum atomic E-state index is 11.2. The first-order chi connectivity index (χ1) is 8.87. The van der Waals surface area contributed by atoms with Crippen molar-refractivity contribution in [3.8, 4) is 11.4 Å². The molecule has 19 heavy (non-hydrogen) atoms. The molecule has 102 valence electrons. The number of hydrogen-bond acceptors (Lipinski definition) is 6. The molecule has 0 bridgehead atoms. The molecule has 0 aliphatic heterocycles. The van der Waals surface area contributed by atoms with Crippen LogP contribution in [0.4, 0.5) is 5.69 Å². The van der Waals surface area contributed by atoms with Gasteiger partial charge < -0.3 is 5.73 Å². The van der Waals surface area contributed by atoms with E-state index in [9.17, 15) is 8.42 Å². The van der Waals surface area contributed by atoms with E-state index in [-0.39, 0.29) is 12.3 Å². The molecule has 0 aliphatic rings. The van der Waals surface area contributed by atoms with E-state index in [0.29, 0.717) is 22.1 Å². The van der Waals surface area contributed by atoms with Crippen molar-refractivity contribution in [1.29, 1.82) is 0 Å². The lowest BCUT2D eigenvalue weighted by atomic mass is 10.1. The van der Waals surface area contributed by atoms with Gasteiger partial charge in [-0.2, -0.15) is 0 Å². The van der Waals surface area contributed by atoms with Gasteiger partial charge in [-0.15, -0.1) is 5.10 Å². The highest BCUT2D eigenvalue weighted by Gasteiger charge is 2.13. The van der Waals surface area contributed by atoms with Gasteiger partial charge in [0.25, 0.3) is 0 Å². The van der Waals surface area contributed by atoms with Crippen molar-refractivity contribution in [2.75, 3.05) is 17.7 Å². The van der Waals surface area contributed by atoms with E-state index in [2.05, 4.69) is 15.5 Å². The van der Waals surface area contributed by atoms with Gasteiger partial charge >= 0.3 is 0 Å². The molecule has 1 heterocycles. The van der Waals surface area contributed by atoms with Crippen LogP contribution < -0.4 is 5.73 Å². The average Bonchev–Trinajstić information content (AvgIpc) is 2.73. The second kappa shape index (κ2) is 5.14. The molecule has 0 spiro atoms. The van der Waals surface area contributed by atoms with Gasteiger partial charge in [-0.3, -0.25) is 0 Å². The monoisotopic (exact) mass is 301 g/mol. The van der Waals surface area contributed by atoms with Gasteiger partial charge in [-0.25, -0.2) is 13.1 Å².